The summed E-state index contributed by atoms with van der Waals surface area (Å²) < 4.78 is 5.42. The van der Waals surface area contributed by atoms with E-state index in [1.165, 1.54) is 12.1 Å². The van der Waals surface area contributed by atoms with Crippen molar-refractivity contribution in [2.24, 2.45) is 5.73 Å². The molecular weight excluding hydrogens is 361 g/mol. The Labute approximate surface area is 162 Å². The van der Waals surface area contributed by atoms with E-state index in [0.717, 1.165) is 57.6 Å². The number of para-hydroxylation sites is 1. The molecule has 7 heteroatoms. The number of nitrogens with two attached hydrogens (primary N) is 1. The predicted molar refractivity (Wildman–Crippen MR) is 106 cm³/mol. The summed E-state index contributed by atoms with van der Waals surface area (Å²) >= 11 is 0. The van der Waals surface area contributed by atoms with Crippen molar-refractivity contribution >= 4 is 36.4 Å². The number of hydrogen-bond acceptors (Lipinski definition) is 4. The van der Waals surface area contributed by atoms with Crippen LogP contribution in [0.2, 0.25) is 0 Å². The summed E-state index contributed by atoms with van der Waals surface area (Å²) in [6, 6.07) is 8.26. The number of hydrogen-bond donors (Lipinski definition) is 2. The van der Waals surface area contributed by atoms with Gasteiger partial charge in [0.1, 0.15) is 0 Å². The lowest BCUT2D eigenvalue weighted by Crippen LogP contribution is -2.54. The molecular formula is C18H29Cl2N3O2. The minimum Gasteiger partial charge on any atom is -0.378 e. The number of halogens is 2. The minimum absolute atomic E-state index is 0. The number of ether oxygens (including phenoxy) is 1. The molecule has 1 aliphatic carbocycles. The Kier molecular flexibility index (Phi) is 9.00. The van der Waals surface area contributed by atoms with Crippen molar-refractivity contribution in [3.05, 3.63) is 29.8 Å². The van der Waals surface area contributed by atoms with Gasteiger partial charge < -0.3 is 20.7 Å². The van der Waals surface area contributed by atoms with Gasteiger partial charge in [-0.3, -0.25) is 4.79 Å². The van der Waals surface area contributed by atoms with Gasteiger partial charge in [0.05, 0.1) is 18.8 Å². The zero-order valence-electron chi connectivity index (χ0n) is 14.5. The molecule has 1 amide bonds. The number of carbonyl (C=O) groups excluding carboxylic acids is 1. The fourth-order valence-electron chi connectivity index (χ4n) is 3.53. The largest absolute Gasteiger partial charge is 0.378 e. The zero-order chi connectivity index (χ0) is 16.1. The zero-order valence-corrected chi connectivity index (χ0v) is 16.2. The molecule has 0 unspecified atom stereocenters. The van der Waals surface area contributed by atoms with E-state index in [1.54, 1.807) is 0 Å². The minimum atomic E-state index is -0.674. The summed E-state index contributed by atoms with van der Waals surface area (Å²) in [6.07, 6.45) is 4.88. The van der Waals surface area contributed by atoms with Gasteiger partial charge >= 0.3 is 0 Å². The topological polar surface area (TPSA) is 67.6 Å². The van der Waals surface area contributed by atoms with Crippen LogP contribution in [0.3, 0.4) is 0 Å². The van der Waals surface area contributed by atoms with E-state index in [1.807, 2.05) is 12.1 Å². The number of anilines is 1. The Morgan fingerprint density at radius 3 is 2.44 bits per heavy atom. The van der Waals surface area contributed by atoms with E-state index in [-0.39, 0.29) is 30.7 Å². The van der Waals surface area contributed by atoms with E-state index in [2.05, 4.69) is 22.3 Å². The van der Waals surface area contributed by atoms with Crippen LogP contribution < -0.4 is 16.0 Å². The highest BCUT2D eigenvalue weighted by molar-refractivity contribution is 5.86. The first-order chi connectivity index (χ1) is 11.2. The van der Waals surface area contributed by atoms with Crippen molar-refractivity contribution in [1.82, 2.24) is 5.32 Å². The number of rotatable bonds is 4. The predicted octanol–water partition coefficient (Wildman–Crippen LogP) is 2.64. The van der Waals surface area contributed by atoms with Gasteiger partial charge in [-0.05, 0) is 24.5 Å². The van der Waals surface area contributed by atoms with Crippen LogP contribution in [-0.4, -0.2) is 37.7 Å². The highest BCUT2D eigenvalue weighted by atomic mass is 35.5. The molecule has 1 aromatic carbocycles. The maximum atomic E-state index is 12.5. The highest BCUT2D eigenvalue weighted by Gasteiger charge is 2.35. The van der Waals surface area contributed by atoms with Crippen LogP contribution in [0, 0.1) is 0 Å². The fraction of sp³-hybridized carbons (Fsp3) is 0.611. The molecule has 3 rings (SSSR count). The highest BCUT2D eigenvalue weighted by Crippen LogP contribution is 2.26. The van der Waals surface area contributed by atoms with Gasteiger partial charge in [-0.25, -0.2) is 0 Å². The summed E-state index contributed by atoms with van der Waals surface area (Å²) in [5, 5.41) is 3.07. The second-order valence-electron chi connectivity index (χ2n) is 6.63. The molecule has 5 nitrogen and oxygen atoms in total. The molecule has 0 aromatic heterocycles. The molecule has 0 atom stereocenters. The first-order valence-corrected chi connectivity index (χ1v) is 8.67. The molecule has 0 spiro atoms. The van der Waals surface area contributed by atoms with Crippen molar-refractivity contribution in [2.75, 3.05) is 31.2 Å². The first-order valence-electron chi connectivity index (χ1n) is 8.67. The van der Waals surface area contributed by atoms with Crippen LogP contribution in [-0.2, 0) is 16.1 Å². The van der Waals surface area contributed by atoms with Crippen molar-refractivity contribution in [1.29, 1.82) is 0 Å². The maximum absolute atomic E-state index is 12.5. The molecule has 2 aliphatic rings. The van der Waals surface area contributed by atoms with Crippen LogP contribution in [0.1, 0.15) is 37.7 Å². The number of nitrogens with one attached hydrogen (secondary N) is 1. The quantitative estimate of drug-likeness (QED) is 0.830. The summed E-state index contributed by atoms with van der Waals surface area (Å²) in [7, 11) is 0. The molecule has 1 aliphatic heterocycles. The summed E-state index contributed by atoms with van der Waals surface area (Å²) in [5.74, 6) is -0.00557. The molecule has 25 heavy (non-hydrogen) atoms. The van der Waals surface area contributed by atoms with E-state index in [9.17, 15) is 4.79 Å². The van der Waals surface area contributed by atoms with Crippen LogP contribution in [0.5, 0.6) is 0 Å². The molecule has 142 valence electrons. The summed E-state index contributed by atoms with van der Waals surface area (Å²) in [6.45, 7) is 3.84. The molecule has 3 N–H and O–H groups in total. The van der Waals surface area contributed by atoms with Gasteiger partial charge in [-0.1, -0.05) is 37.5 Å². The Morgan fingerprint density at radius 2 is 1.76 bits per heavy atom. The van der Waals surface area contributed by atoms with Gasteiger partial charge in [0.25, 0.3) is 0 Å². The first kappa shape index (κ1) is 22.0. The number of amides is 1. The van der Waals surface area contributed by atoms with Crippen molar-refractivity contribution in [3.63, 3.8) is 0 Å². The standard InChI is InChI=1S/C18H27N3O2.2ClH/c19-18(8-4-1-5-9-18)17(22)20-14-15-6-2-3-7-16(15)21-10-12-23-13-11-21;;/h2-3,6-7H,1,4-5,8-14,19H2,(H,20,22);2*1H. The fourth-order valence-corrected chi connectivity index (χ4v) is 3.53. The van der Waals surface area contributed by atoms with Crippen LogP contribution in [0.15, 0.2) is 24.3 Å². The third-order valence-corrected chi connectivity index (χ3v) is 4.98. The lowest BCUT2D eigenvalue weighted by molar-refractivity contribution is -0.127. The summed E-state index contributed by atoms with van der Waals surface area (Å²) in [5.41, 5.74) is 7.96. The van der Waals surface area contributed by atoms with Crippen LogP contribution >= 0.6 is 24.8 Å². The van der Waals surface area contributed by atoms with Crippen molar-refractivity contribution < 1.29 is 9.53 Å². The smallest absolute Gasteiger partial charge is 0.240 e. The Hall–Kier alpha value is -1.01. The Bertz CT molecular complexity index is 545. The van der Waals surface area contributed by atoms with Crippen molar-refractivity contribution in [2.45, 2.75) is 44.2 Å². The monoisotopic (exact) mass is 389 g/mol. The van der Waals surface area contributed by atoms with E-state index in [4.69, 9.17) is 10.5 Å². The number of morpholine rings is 1. The van der Waals surface area contributed by atoms with E-state index >= 15 is 0 Å². The van der Waals surface area contributed by atoms with Gasteiger partial charge in [0, 0.05) is 25.3 Å². The molecule has 2 fully saturated rings. The van der Waals surface area contributed by atoms with Gasteiger partial charge in [-0.15, -0.1) is 24.8 Å². The SMILES string of the molecule is Cl.Cl.NC1(C(=O)NCc2ccccc2N2CCOCC2)CCCCC1. The Balaban J connectivity index is 0.00000156. The Morgan fingerprint density at radius 1 is 1.12 bits per heavy atom. The van der Waals surface area contributed by atoms with Gasteiger partial charge in [-0.2, -0.15) is 0 Å². The van der Waals surface area contributed by atoms with Crippen molar-refractivity contribution in [3.8, 4) is 0 Å². The average molecular weight is 390 g/mol. The second-order valence-corrected chi connectivity index (χ2v) is 6.63. The molecule has 1 heterocycles. The molecule has 1 aromatic rings. The van der Waals surface area contributed by atoms with Crippen LogP contribution in [0.4, 0.5) is 5.69 Å². The third kappa shape index (κ3) is 5.48. The average Bonchev–Trinajstić information content (AvgIpc) is 2.61. The number of nitrogens with zero attached hydrogens (tertiary/aromatic N) is 1. The van der Waals surface area contributed by atoms with Gasteiger partial charge in [0.2, 0.25) is 5.91 Å². The lowest BCUT2D eigenvalue weighted by atomic mass is 9.82. The maximum Gasteiger partial charge on any atom is 0.240 e. The lowest BCUT2D eigenvalue weighted by Gasteiger charge is -2.33. The van der Waals surface area contributed by atoms with Gasteiger partial charge in [0.15, 0.2) is 0 Å². The number of carbonyl (C=O) groups is 1. The van der Waals surface area contributed by atoms with E-state index < -0.39 is 5.54 Å². The van der Waals surface area contributed by atoms with Crippen LogP contribution in [0.25, 0.3) is 0 Å². The van der Waals surface area contributed by atoms with E-state index in [0.29, 0.717) is 6.54 Å². The summed E-state index contributed by atoms with van der Waals surface area (Å²) in [4.78, 5) is 14.8. The molecule has 0 radical (unpaired) electrons. The second kappa shape index (κ2) is 10.2. The number of benzene rings is 1. The molecule has 1 saturated carbocycles. The third-order valence-electron chi connectivity index (χ3n) is 4.98. The normalized spacial score (nSPS) is 19.3. The molecule has 0 bridgehead atoms. The molecule has 1 saturated heterocycles.